The fraction of sp³-hybridized carbons (Fsp3) is 0.0667. The SMILES string of the molecule is O=[N+]([O-])c1ccc(/C=C/Cc2ccccc2)cc1. The molecule has 0 saturated heterocycles. The van der Waals surface area contributed by atoms with Crippen LogP contribution in [0.1, 0.15) is 11.1 Å². The molecule has 2 aromatic rings. The van der Waals surface area contributed by atoms with Crippen molar-refractivity contribution in [2.24, 2.45) is 0 Å². The number of hydrogen-bond acceptors (Lipinski definition) is 2. The van der Waals surface area contributed by atoms with Crippen molar-refractivity contribution < 1.29 is 4.92 Å². The highest BCUT2D eigenvalue weighted by Crippen LogP contribution is 2.13. The van der Waals surface area contributed by atoms with E-state index >= 15 is 0 Å². The van der Waals surface area contributed by atoms with Gasteiger partial charge in [-0.2, -0.15) is 0 Å². The van der Waals surface area contributed by atoms with E-state index in [2.05, 4.69) is 18.2 Å². The maximum Gasteiger partial charge on any atom is 0.269 e. The second kappa shape index (κ2) is 5.77. The summed E-state index contributed by atoms with van der Waals surface area (Å²) < 4.78 is 0. The smallest absolute Gasteiger partial charge is 0.258 e. The van der Waals surface area contributed by atoms with Crippen LogP contribution in [0.3, 0.4) is 0 Å². The van der Waals surface area contributed by atoms with Gasteiger partial charge in [-0.3, -0.25) is 10.1 Å². The predicted molar refractivity (Wildman–Crippen MR) is 72.3 cm³/mol. The van der Waals surface area contributed by atoms with Crippen LogP contribution in [-0.2, 0) is 6.42 Å². The Kier molecular flexibility index (Phi) is 3.86. The average Bonchev–Trinajstić information content (AvgIpc) is 2.40. The molecule has 0 amide bonds. The van der Waals surface area contributed by atoms with E-state index in [1.807, 2.05) is 24.3 Å². The van der Waals surface area contributed by atoms with Gasteiger partial charge in [0.2, 0.25) is 0 Å². The summed E-state index contributed by atoms with van der Waals surface area (Å²) in [6.07, 6.45) is 4.88. The van der Waals surface area contributed by atoms with Crippen LogP contribution in [0, 0.1) is 10.1 Å². The maximum absolute atomic E-state index is 10.5. The Morgan fingerprint density at radius 2 is 1.67 bits per heavy atom. The zero-order valence-electron chi connectivity index (χ0n) is 9.82. The van der Waals surface area contributed by atoms with E-state index in [9.17, 15) is 10.1 Å². The number of hydrogen-bond donors (Lipinski definition) is 0. The molecule has 0 atom stereocenters. The Balaban J connectivity index is 1.99. The van der Waals surface area contributed by atoms with Crippen LogP contribution in [0.5, 0.6) is 0 Å². The lowest BCUT2D eigenvalue weighted by Crippen LogP contribution is -1.86. The molecule has 0 N–H and O–H groups in total. The quantitative estimate of drug-likeness (QED) is 0.600. The van der Waals surface area contributed by atoms with Crippen LogP contribution in [0.15, 0.2) is 60.7 Å². The largest absolute Gasteiger partial charge is 0.269 e. The third-order valence-corrected chi connectivity index (χ3v) is 2.61. The van der Waals surface area contributed by atoms with Gasteiger partial charge in [0, 0.05) is 12.1 Å². The Labute approximate surface area is 106 Å². The minimum atomic E-state index is -0.391. The summed E-state index contributed by atoms with van der Waals surface area (Å²) in [6.45, 7) is 0. The molecular formula is C15H13NO2. The first-order chi connectivity index (χ1) is 8.75. The minimum absolute atomic E-state index is 0.121. The van der Waals surface area contributed by atoms with Gasteiger partial charge in [0.05, 0.1) is 4.92 Å². The molecule has 2 aromatic carbocycles. The van der Waals surface area contributed by atoms with Crippen molar-refractivity contribution in [3.05, 3.63) is 81.9 Å². The highest BCUT2D eigenvalue weighted by Gasteiger charge is 2.01. The third kappa shape index (κ3) is 3.28. The van der Waals surface area contributed by atoms with Gasteiger partial charge >= 0.3 is 0 Å². The fourth-order valence-electron chi connectivity index (χ4n) is 1.65. The predicted octanol–water partition coefficient (Wildman–Crippen LogP) is 3.85. The zero-order chi connectivity index (χ0) is 12.8. The van der Waals surface area contributed by atoms with E-state index in [4.69, 9.17) is 0 Å². The monoisotopic (exact) mass is 239 g/mol. The van der Waals surface area contributed by atoms with E-state index in [0.717, 1.165) is 12.0 Å². The molecule has 18 heavy (non-hydrogen) atoms. The van der Waals surface area contributed by atoms with Crippen molar-refractivity contribution in [1.29, 1.82) is 0 Å². The highest BCUT2D eigenvalue weighted by atomic mass is 16.6. The summed E-state index contributed by atoms with van der Waals surface area (Å²) in [7, 11) is 0. The van der Waals surface area contributed by atoms with Crippen LogP contribution in [-0.4, -0.2) is 4.92 Å². The van der Waals surface area contributed by atoms with Gasteiger partial charge in [-0.05, 0) is 29.7 Å². The number of nitro benzene ring substituents is 1. The van der Waals surface area contributed by atoms with Gasteiger partial charge in [0.25, 0.3) is 5.69 Å². The van der Waals surface area contributed by atoms with Gasteiger partial charge in [-0.15, -0.1) is 0 Å². The second-order valence-corrected chi connectivity index (χ2v) is 3.94. The molecule has 0 bridgehead atoms. The molecule has 0 aliphatic carbocycles. The zero-order valence-corrected chi connectivity index (χ0v) is 9.82. The summed E-state index contributed by atoms with van der Waals surface area (Å²) in [5.41, 5.74) is 2.34. The van der Waals surface area contributed by atoms with Crippen molar-refractivity contribution >= 4 is 11.8 Å². The number of allylic oxidation sites excluding steroid dienone is 1. The Morgan fingerprint density at radius 3 is 2.28 bits per heavy atom. The number of benzene rings is 2. The van der Waals surface area contributed by atoms with Crippen molar-refractivity contribution in [3.8, 4) is 0 Å². The molecule has 0 aliphatic heterocycles. The first kappa shape index (κ1) is 12.0. The molecule has 0 fully saturated rings. The van der Waals surface area contributed by atoms with Gasteiger partial charge in [-0.1, -0.05) is 42.5 Å². The lowest BCUT2D eigenvalue weighted by atomic mass is 10.1. The summed E-state index contributed by atoms with van der Waals surface area (Å²) in [6, 6.07) is 16.7. The van der Waals surface area contributed by atoms with Crippen LogP contribution >= 0.6 is 0 Å². The number of non-ortho nitro benzene ring substituents is 1. The molecule has 90 valence electrons. The van der Waals surface area contributed by atoms with E-state index in [1.165, 1.54) is 17.7 Å². The molecule has 0 spiro atoms. The Morgan fingerprint density at radius 1 is 1.00 bits per heavy atom. The number of nitrogens with zero attached hydrogens (tertiary/aromatic N) is 1. The first-order valence-electron chi connectivity index (χ1n) is 5.70. The maximum atomic E-state index is 10.5. The molecule has 3 nitrogen and oxygen atoms in total. The van der Waals surface area contributed by atoms with E-state index in [-0.39, 0.29) is 5.69 Å². The Hall–Kier alpha value is -2.42. The topological polar surface area (TPSA) is 43.1 Å². The fourth-order valence-corrected chi connectivity index (χ4v) is 1.65. The molecule has 2 rings (SSSR count). The Bertz CT molecular complexity index is 544. The average molecular weight is 239 g/mol. The molecule has 0 heterocycles. The van der Waals surface area contributed by atoms with Crippen molar-refractivity contribution in [3.63, 3.8) is 0 Å². The van der Waals surface area contributed by atoms with Crippen LogP contribution in [0.2, 0.25) is 0 Å². The summed E-state index contributed by atoms with van der Waals surface area (Å²) in [5.74, 6) is 0. The number of nitro groups is 1. The third-order valence-electron chi connectivity index (χ3n) is 2.61. The van der Waals surface area contributed by atoms with Crippen LogP contribution in [0.25, 0.3) is 6.08 Å². The van der Waals surface area contributed by atoms with Crippen molar-refractivity contribution in [1.82, 2.24) is 0 Å². The van der Waals surface area contributed by atoms with Gasteiger partial charge in [0.1, 0.15) is 0 Å². The van der Waals surface area contributed by atoms with Crippen molar-refractivity contribution in [2.75, 3.05) is 0 Å². The lowest BCUT2D eigenvalue weighted by Gasteiger charge is -1.95. The molecule has 3 heteroatoms. The van der Waals surface area contributed by atoms with Crippen LogP contribution < -0.4 is 0 Å². The standard InChI is InChI=1S/C15H13NO2/c17-16(18)15-11-9-14(10-12-15)8-4-7-13-5-2-1-3-6-13/h1-6,8-12H,7H2/b8-4+. The van der Waals surface area contributed by atoms with Gasteiger partial charge in [0.15, 0.2) is 0 Å². The second-order valence-electron chi connectivity index (χ2n) is 3.94. The summed E-state index contributed by atoms with van der Waals surface area (Å²) in [5, 5.41) is 10.5. The van der Waals surface area contributed by atoms with E-state index in [1.54, 1.807) is 12.1 Å². The normalized spacial score (nSPS) is 10.7. The lowest BCUT2D eigenvalue weighted by molar-refractivity contribution is -0.384. The molecular weight excluding hydrogens is 226 g/mol. The highest BCUT2D eigenvalue weighted by molar-refractivity contribution is 5.52. The molecule has 0 saturated carbocycles. The molecule has 0 aromatic heterocycles. The minimum Gasteiger partial charge on any atom is -0.258 e. The summed E-state index contributed by atoms with van der Waals surface area (Å²) in [4.78, 5) is 10.1. The number of rotatable bonds is 4. The van der Waals surface area contributed by atoms with Crippen LogP contribution in [0.4, 0.5) is 5.69 Å². The van der Waals surface area contributed by atoms with Crippen molar-refractivity contribution in [2.45, 2.75) is 6.42 Å². The molecule has 0 unspecified atom stereocenters. The molecule has 0 radical (unpaired) electrons. The van der Waals surface area contributed by atoms with E-state index < -0.39 is 4.92 Å². The van der Waals surface area contributed by atoms with E-state index in [0.29, 0.717) is 0 Å². The molecule has 0 aliphatic rings. The van der Waals surface area contributed by atoms with Gasteiger partial charge in [-0.25, -0.2) is 0 Å². The van der Waals surface area contributed by atoms with Gasteiger partial charge < -0.3 is 0 Å². The first-order valence-corrected chi connectivity index (χ1v) is 5.70. The summed E-state index contributed by atoms with van der Waals surface area (Å²) >= 11 is 0.